The highest BCUT2D eigenvalue weighted by Gasteiger charge is 2.12. The van der Waals surface area contributed by atoms with E-state index in [9.17, 15) is 13.6 Å². The van der Waals surface area contributed by atoms with Crippen molar-refractivity contribution in [1.82, 2.24) is 20.1 Å². The van der Waals surface area contributed by atoms with Crippen molar-refractivity contribution in [2.24, 2.45) is 7.05 Å². The number of urea groups is 1. The average molecular weight is 311 g/mol. The number of rotatable bonds is 4. The normalized spacial score (nSPS) is 10.5. The lowest BCUT2D eigenvalue weighted by atomic mass is 10.1. The van der Waals surface area contributed by atoms with E-state index >= 15 is 0 Å². The van der Waals surface area contributed by atoms with Crippen LogP contribution in [0.5, 0.6) is 5.75 Å². The Labute approximate surface area is 125 Å². The van der Waals surface area contributed by atoms with Gasteiger partial charge in [-0.05, 0) is 13.3 Å². The molecule has 2 aromatic rings. The largest absolute Gasteiger partial charge is 0.508 e. The molecule has 2 rings (SSSR count). The molecule has 7 nitrogen and oxygen atoms in total. The molecular formula is C13H15F2N5O2. The zero-order valence-electron chi connectivity index (χ0n) is 12.0. The van der Waals surface area contributed by atoms with E-state index in [4.69, 9.17) is 5.11 Å². The van der Waals surface area contributed by atoms with Crippen LogP contribution < -0.4 is 10.6 Å². The van der Waals surface area contributed by atoms with Gasteiger partial charge >= 0.3 is 6.03 Å². The fourth-order valence-corrected chi connectivity index (χ4v) is 1.79. The van der Waals surface area contributed by atoms with E-state index in [1.165, 1.54) is 4.68 Å². The molecule has 0 spiro atoms. The molecule has 118 valence electrons. The number of aromatic hydroxyl groups is 1. The van der Waals surface area contributed by atoms with E-state index in [2.05, 4.69) is 20.7 Å². The van der Waals surface area contributed by atoms with Gasteiger partial charge in [0.1, 0.15) is 23.2 Å². The first kappa shape index (κ1) is 15.7. The number of amides is 2. The Morgan fingerprint density at radius 3 is 2.55 bits per heavy atom. The van der Waals surface area contributed by atoms with Gasteiger partial charge in [-0.15, -0.1) is 5.10 Å². The zero-order valence-corrected chi connectivity index (χ0v) is 12.0. The summed E-state index contributed by atoms with van der Waals surface area (Å²) in [4.78, 5) is 15.6. The fraction of sp³-hybridized carbons (Fsp3) is 0.308. The molecule has 0 radical (unpaired) electrons. The number of benzene rings is 1. The molecule has 0 atom stereocenters. The van der Waals surface area contributed by atoms with Crippen molar-refractivity contribution in [3.8, 4) is 5.75 Å². The molecule has 3 N–H and O–H groups in total. The van der Waals surface area contributed by atoms with Crippen LogP contribution in [0.2, 0.25) is 0 Å². The highest BCUT2D eigenvalue weighted by atomic mass is 19.1. The molecule has 2 amide bonds. The third-order valence-electron chi connectivity index (χ3n) is 2.99. The number of phenols is 1. The number of phenolic OH excluding ortho intramolecular Hbond substituents is 1. The molecule has 1 aromatic heterocycles. The van der Waals surface area contributed by atoms with Crippen LogP contribution in [-0.2, 0) is 13.5 Å². The first-order chi connectivity index (χ1) is 10.4. The minimum absolute atomic E-state index is 0.0102. The highest BCUT2D eigenvalue weighted by Crippen LogP contribution is 2.19. The van der Waals surface area contributed by atoms with Gasteiger partial charge in [0.05, 0.1) is 0 Å². The van der Waals surface area contributed by atoms with E-state index in [0.29, 0.717) is 5.82 Å². The van der Waals surface area contributed by atoms with Gasteiger partial charge < -0.3 is 10.4 Å². The van der Waals surface area contributed by atoms with Crippen LogP contribution in [0.1, 0.15) is 11.4 Å². The molecule has 0 fully saturated rings. The second-order valence-electron chi connectivity index (χ2n) is 4.63. The van der Waals surface area contributed by atoms with Gasteiger partial charge in [-0.3, -0.25) is 10.00 Å². The maximum atomic E-state index is 13.5. The van der Waals surface area contributed by atoms with Gasteiger partial charge in [0, 0.05) is 31.3 Å². The Hall–Kier alpha value is -2.71. The molecule has 0 bridgehead atoms. The summed E-state index contributed by atoms with van der Waals surface area (Å²) in [5.74, 6) is -1.44. The zero-order chi connectivity index (χ0) is 16.3. The van der Waals surface area contributed by atoms with E-state index in [0.717, 1.165) is 12.1 Å². The lowest BCUT2D eigenvalue weighted by Crippen LogP contribution is -2.31. The van der Waals surface area contributed by atoms with Gasteiger partial charge in [-0.25, -0.2) is 13.6 Å². The van der Waals surface area contributed by atoms with Gasteiger partial charge in [-0.1, -0.05) is 0 Å². The van der Waals surface area contributed by atoms with Gasteiger partial charge in [0.15, 0.2) is 0 Å². The number of hydrogen-bond donors (Lipinski definition) is 3. The minimum atomic E-state index is -0.860. The van der Waals surface area contributed by atoms with E-state index < -0.39 is 23.4 Å². The van der Waals surface area contributed by atoms with Crippen LogP contribution in [0.25, 0.3) is 0 Å². The van der Waals surface area contributed by atoms with E-state index in [-0.39, 0.29) is 24.5 Å². The second kappa shape index (κ2) is 6.37. The number of aryl methyl sites for hydroxylation is 2. The number of anilines is 1. The van der Waals surface area contributed by atoms with Crippen LogP contribution in [0.15, 0.2) is 12.1 Å². The van der Waals surface area contributed by atoms with E-state index in [1.807, 2.05) is 0 Å². The quantitative estimate of drug-likeness (QED) is 0.797. The SMILES string of the molecule is Cc1nc(NC(=O)NCCc2c(F)cc(O)cc2F)nn1C. The standard InChI is InChI=1S/C13H15F2N5O2/c1-7-17-12(19-20(7)2)18-13(22)16-4-3-9-10(14)5-8(21)6-11(9)15/h5-6,21H,3-4H2,1-2H3,(H2,16,18,19,22). The van der Waals surface area contributed by atoms with Gasteiger partial charge in [-0.2, -0.15) is 4.98 Å². The predicted molar refractivity (Wildman–Crippen MR) is 74.5 cm³/mol. The maximum absolute atomic E-state index is 13.5. The lowest BCUT2D eigenvalue weighted by molar-refractivity contribution is 0.252. The second-order valence-corrected chi connectivity index (χ2v) is 4.63. The Morgan fingerprint density at radius 1 is 1.36 bits per heavy atom. The molecule has 9 heteroatoms. The molecule has 0 aliphatic carbocycles. The molecule has 22 heavy (non-hydrogen) atoms. The summed E-state index contributed by atoms with van der Waals surface area (Å²) in [5.41, 5.74) is -0.204. The fourth-order valence-electron chi connectivity index (χ4n) is 1.79. The van der Waals surface area contributed by atoms with Crippen molar-refractivity contribution in [2.45, 2.75) is 13.3 Å². The third kappa shape index (κ3) is 3.68. The Balaban J connectivity index is 1.87. The minimum Gasteiger partial charge on any atom is -0.508 e. The number of halogens is 2. The van der Waals surface area contributed by atoms with Crippen molar-refractivity contribution in [3.63, 3.8) is 0 Å². The summed E-state index contributed by atoms with van der Waals surface area (Å²) in [6, 6.07) is 1.06. The topological polar surface area (TPSA) is 92.1 Å². The summed E-state index contributed by atoms with van der Waals surface area (Å²) < 4.78 is 28.5. The third-order valence-corrected chi connectivity index (χ3v) is 2.99. The first-order valence-corrected chi connectivity index (χ1v) is 6.46. The van der Waals surface area contributed by atoms with Crippen molar-refractivity contribution in [2.75, 3.05) is 11.9 Å². The smallest absolute Gasteiger partial charge is 0.321 e. The number of aromatic nitrogens is 3. The van der Waals surface area contributed by atoms with Crippen molar-refractivity contribution in [3.05, 3.63) is 35.2 Å². The van der Waals surface area contributed by atoms with Crippen LogP contribution in [0.3, 0.4) is 0 Å². The Bertz CT molecular complexity index is 659. The molecule has 0 aliphatic heterocycles. The average Bonchev–Trinajstić information content (AvgIpc) is 2.71. The Kier molecular flexibility index (Phi) is 4.54. The number of hydrogen-bond acceptors (Lipinski definition) is 4. The maximum Gasteiger partial charge on any atom is 0.321 e. The molecule has 0 saturated heterocycles. The number of carbonyl (C=O) groups excluding carboxylic acids is 1. The number of carbonyl (C=O) groups is 1. The summed E-state index contributed by atoms with van der Waals surface area (Å²) in [6.07, 6.45) is -0.0555. The summed E-state index contributed by atoms with van der Waals surface area (Å²) in [6.45, 7) is 1.74. The monoisotopic (exact) mass is 311 g/mol. The highest BCUT2D eigenvalue weighted by molar-refractivity contribution is 5.87. The number of nitrogens with one attached hydrogen (secondary N) is 2. The molecule has 1 aromatic carbocycles. The van der Waals surface area contributed by atoms with Crippen LogP contribution in [-0.4, -0.2) is 32.4 Å². The molecule has 0 unspecified atom stereocenters. The lowest BCUT2D eigenvalue weighted by Gasteiger charge is -2.07. The van der Waals surface area contributed by atoms with Crippen molar-refractivity contribution in [1.29, 1.82) is 0 Å². The summed E-state index contributed by atoms with van der Waals surface area (Å²) in [7, 11) is 1.68. The first-order valence-electron chi connectivity index (χ1n) is 6.46. The van der Waals surface area contributed by atoms with Crippen LogP contribution >= 0.6 is 0 Å². The van der Waals surface area contributed by atoms with Gasteiger partial charge in [0.2, 0.25) is 5.95 Å². The van der Waals surface area contributed by atoms with Crippen molar-refractivity contribution >= 4 is 12.0 Å². The summed E-state index contributed by atoms with van der Waals surface area (Å²) >= 11 is 0. The van der Waals surface area contributed by atoms with Gasteiger partial charge in [0.25, 0.3) is 0 Å². The predicted octanol–water partition coefficient (Wildman–Crippen LogP) is 1.47. The molecule has 1 heterocycles. The summed E-state index contributed by atoms with van der Waals surface area (Å²) in [5, 5.41) is 17.8. The van der Waals surface area contributed by atoms with Crippen molar-refractivity contribution < 1.29 is 18.7 Å². The molecule has 0 aliphatic rings. The Morgan fingerprint density at radius 2 is 2.00 bits per heavy atom. The van der Waals surface area contributed by atoms with Crippen LogP contribution in [0.4, 0.5) is 19.5 Å². The van der Waals surface area contributed by atoms with E-state index in [1.54, 1.807) is 14.0 Å². The molecular weight excluding hydrogens is 296 g/mol. The van der Waals surface area contributed by atoms with Crippen LogP contribution in [0, 0.1) is 18.6 Å². The number of nitrogens with zero attached hydrogens (tertiary/aromatic N) is 3. The molecule has 0 saturated carbocycles.